The summed E-state index contributed by atoms with van der Waals surface area (Å²) < 4.78 is 10.6. The maximum atomic E-state index is 12.6. The zero-order chi connectivity index (χ0) is 21.8. The molecule has 162 valence electrons. The summed E-state index contributed by atoms with van der Waals surface area (Å²) >= 11 is 0. The van der Waals surface area contributed by atoms with Crippen molar-refractivity contribution in [3.63, 3.8) is 0 Å². The second-order valence-corrected chi connectivity index (χ2v) is 7.52. The number of piperazine rings is 1. The topological polar surface area (TPSA) is 96.5 Å². The average Bonchev–Trinajstić information content (AvgIpc) is 3.15. The van der Waals surface area contributed by atoms with E-state index in [9.17, 15) is 19.2 Å². The zero-order valence-corrected chi connectivity index (χ0v) is 17.5. The standard InChI is InChI=1S/C21H27N3O6/c1-14(20(27)23-9-7-22(8-10-23)15(2)25)30-21(28)16-11-19(26)24(13-16)17-5-4-6-18(12-17)29-3/h4-6,12,14,16H,7-11,13H2,1-3H3. The molecule has 2 fully saturated rings. The molecule has 30 heavy (non-hydrogen) atoms. The quantitative estimate of drug-likeness (QED) is 0.654. The fourth-order valence-corrected chi connectivity index (χ4v) is 3.71. The van der Waals surface area contributed by atoms with Gasteiger partial charge in [0.15, 0.2) is 6.10 Å². The number of anilines is 1. The van der Waals surface area contributed by atoms with Crippen LogP contribution in [0.25, 0.3) is 0 Å². The Morgan fingerprint density at radius 1 is 1.10 bits per heavy atom. The summed E-state index contributed by atoms with van der Waals surface area (Å²) in [6.45, 7) is 4.98. The van der Waals surface area contributed by atoms with Crippen molar-refractivity contribution >= 4 is 29.4 Å². The molecule has 2 aliphatic heterocycles. The van der Waals surface area contributed by atoms with Crippen molar-refractivity contribution in [1.29, 1.82) is 0 Å². The molecular weight excluding hydrogens is 390 g/mol. The van der Waals surface area contributed by atoms with Crippen LogP contribution in [0.1, 0.15) is 20.3 Å². The molecule has 0 N–H and O–H groups in total. The van der Waals surface area contributed by atoms with Crippen molar-refractivity contribution in [2.24, 2.45) is 5.92 Å². The van der Waals surface area contributed by atoms with Crippen LogP contribution in [-0.2, 0) is 23.9 Å². The van der Waals surface area contributed by atoms with E-state index in [4.69, 9.17) is 9.47 Å². The van der Waals surface area contributed by atoms with Gasteiger partial charge in [-0.3, -0.25) is 19.2 Å². The largest absolute Gasteiger partial charge is 0.497 e. The minimum Gasteiger partial charge on any atom is -0.497 e. The van der Waals surface area contributed by atoms with Crippen molar-refractivity contribution in [2.75, 3.05) is 44.7 Å². The van der Waals surface area contributed by atoms with Gasteiger partial charge in [0.05, 0.1) is 13.0 Å². The van der Waals surface area contributed by atoms with Crippen molar-refractivity contribution in [3.05, 3.63) is 24.3 Å². The molecular formula is C21H27N3O6. The first-order valence-electron chi connectivity index (χ1n) is 9.99. The molecule has 9 heteroatoms. The third-order valence-electron chi connectivity index (χ3n) is 5.50. The van der Waals surface area contributed by atoms with E-state index in [0.29, 0.717) is 37.6 Å². The van der Waals surface area contributed by atoms with Gasteiger partial charge < -0.3 is 24.2 Å². The van der Waals surface area contributed by atoms with Gasteiger partial charge in [-0.25, -0.2) is 0 Å². The molecule has 2 aliphatic rings. The highest BCUT2D eigenvalue weighted by atomic mass is 16.5. The molecule has 2 atom stereocenters. The third kappa shape index (κ3) is 4.72. The van der Waals surface area contributed by atoms with Gasteiger partial charge in [0.1, 0.15) is 5.75 Å². The van der Waals surface area contributed by atoms with Crippen molar-refractivity contribution < 1.29 is 28.7 Å². The van der Waals surface area contributed by atoms with Gasteiger partial charge >= 0.3 is 5.97 Å². The maximum absolute atomic E-state index is 12.6. The van der Waals surface area contributed by atoms with E-state index in [1.165, 1.54) is 18.7 Å². The lowest BCUT2D eigenvalue weighted by molar-refractivity contribution is -0.163. The zero-order valence-electron chi connectivity index (χ0n) is 17.5. The van der Waals surface area contributed by atoms with Crippen LogP contribution in [0.2, 0.25) is 0 Å². The summed E-state index contributed by atoms with van der Waals surface area (Å²) in [5.74, 6) is -1.06. The molecule has 0 radical (unpaired) electrons. The molecule has 0 aliphatic carbocycles. The molecule has 1 aromatic rings. The summed E-state index contributed by atoms with van der Waals surface area (Å²) in [6.07, 6.45) is -0.906. The lowest BCUT2D eigenvalue weighted by atomic mass is 10.1. The minimum absolute atomic E-state index is 0.0203. The van der Waals surface area contributed by atoms with E-state index in [1.807, 2.05) is 0 Å². The van der Waals surface area contributed by atoms with E-state index in [2.05, 4.69) is 0 Å². The molecule has 3 rings (SSSR count). The normalized spacial score (nSPS) is 20.2. The lowest BCUT2D eigenvalue weighted by Gasteiger charge is -2.35. The van der Waals surface area contributed by atoms with Gasteiger partial charge in [-0.1, -0.05) is 6.07 Å². The molecule has 9 nitrogen and oxygen atoms in total. The van der Waals surface area contributed by atoms with Gasteiger partial charge in [-0.2, -0.15) is 0 Å². The monoisotopic (exact) mass is 417 g/mol. The second-order valence-electron chi connectivity index (χ2n) is 7.52. The highest BCUT2D eigenvalue weighted by Crippen LogP contribution is 2.28. The molecule has 0 bridgehead atoms. The summed E-state index contributed by atoms with van der Waals surface area (Å²) in [7, 11) is 1.55. The number of ether oxygens (including phenoxy) is 2. The Balaban J connectivity index is 1.55. The highest BCUT2D eigenvalue weighted by molar-refractivity contribution is 5.99. The van der Waals surface area contributed by atoms with Crippen molar-refractivity contribution in [1.82, 2.24) is 9.80 Å². The number of hydrogen-bond donors (Lipinski definition) is 0. The van der Waals surface area contributed by atoms with E-state index < -0.39 is 18.0 Å². The Morgan fingerprint density at radius 2 is 1.77 bits per heavy atom. The van der Waals surface area contributed by atoms with Crippen LogP contribution in [0.15, 0.2) is 24.3 Å². The fraction of sp³-hybridized carbons (Fsp3) is 0.524. The fourth-order valence-electron chi connectivity index (χ4n) is 3.71. The Morgan fingerprint density at radius 3 is 2.40 bits per heavy atom. The smallest absolute Gasteiger partial charge is 0.312 e. The molecule has 1 aromatic carbocycles. The Labute approximate surface area is 175 Å². The molecule has 0 spiro atoms. The second kappa shape index (κ2) is 9.15. The Kier molecular flexibility index (Phi) is 6.59. The molecule has 0 aromatic heterocycles. The first-order chi connectivity index (χ1) is 14.3. The molecule has 2 heterocycles. The molecule has 0 saturated carbocycles. The van der Waals surface area contributed by atoms with Gasteiger partial charge in [-0.05, 0) is 19.1 Å². The number of amides is 3. The van der Waals surface area contributed by atoms with E-state index in [0.717, 1.165) is 0 Å². The number of carbonyl (C=O) groups excluding carboxylic acids is 4. The number of methoxy groups -OCH3 is 1. The van der Waals surface area contributed by atoms with E-state index >= 15 is 0 Å². The summed E-state index contributed by atoms with van der Waals surface area (Å²) in [5, 5.41) is 0. The van der Waals surface area contributed by atoms with Crippen LogP contribution < -0.4 is 9.64 Å². The predicted octanol–water partition coefficient (Wildman–Crippen LogP) is 0.671. The van der Waals surface area contributed by atoms with Gasteiger partial charge in [-0.15, -0.1) is 0 Å². The van der Waals surface area contributed by atoms with E-state index in [1.54, 1.807) is 41.2 Å². The van der Waals surface area contributed by atoms with Crippen molar-refractivity contribution in [2.45, 2.75) is 26.4 Å². The van der Waals surface area contributed by atoms with Crippen molar-refractivity contribution in [3.8, 4) is 5.75 Å². The number of carbonyl (C=O) groups is 4. The number of hydrogen-bond acceptors (Lipinski definition) is 6. The SMILES string of the molecule is COc1cccc(N2CC(C(=O)OC(C)C(=O)N3CCN(C(C)=O)CC3)CC2=O)c1. The van der Waals surface area contributed by atoms with Gasteiger partial charge in [0, 0.05) is 57.8 Å². The van der Waals surface area contributed by atoms with Crippen LogP contribution in [-0.4, -0.2) is 79.4 Å². The van der Waals surface area contributed by atoms with Gasteiger partial charge in [0.25, 0.3) is 5.91 Å². The molecule has 3 amide bonds. The van der Waals surface area contributed by atoms with Crippen LogP contribution >= 0.6 is 0 Å². The predicted molar refractivity (Wildman–Crippen MR) is 108 cm³/mol. The third-order valence-corrected chi connectivity index (χ3v) is 5.50. The molecule has 2 saturated heterocycles. The van der Waals surface area contributed by atoms with Crippen LogP contribution in [0, 0.1) is 5.92 Å². The van der Waals surface area contributed by atoms with Crippen LogP contribution in [0.5, 0.6) is 5.75 Å². The first-order valence-corrected chi connectivity index (χ1v) is 9.99. The molecule has 2 unspecified atom stereocenters. The summed E-state index contributed by atoms with van der Waals surface area (Å²) in [5.41, 5.74) is 0.655. The summed E-state index contributed by atoms with van der Waals surface area (Å²) in [6, 6.07) is 7.07. The average molecular weight is 417 g/mol. The van der Waals surface area contributed by atoms with Gasteiger partial charge in [0.2, 0.25) is 11.8 Å². The number of esters is 1. The number of rotatable bonds is 5. The number of benzene rings is 1. The Hall–Kier alpha value is -3.10. The lowest BCUT2D eigenvalue weighted by Crippen LogP contribution is -2.52. The minimum atomic E-state index is -0.942. The van der Waals surface area contributed by atoms with E-state index in [-0.39, 0.29) is 30.7 Å². The first kappa shape index (κ1) is 21.6. The Bertz CT molecular complexity index is 834. The number of nitrogens with zero attached hydrogens (tertiary/aromatic N) is 3. The maximum Gasteiger partial charge on any atom is 0.312 e. The summed E-state index contributed by atoms with van der Waals surface area (Å²) in [4.78, 5) is 53.8. The highest BCUT2D eigenvalue weighted by Gasteiger charge is 2.38. The van der Waals surface area contributed by atoms with Crippen LogP contribution in [0.3, 0.4) is 0 Å². The van der Waals surface area contributed by atoms with Crippen LogP contribution in [0.4, 0.5) is 5.69 Å².